The van der Waals surface area contributed by atoms with Crippen molar-refractivity contribution in [3.63, 3.8) is 0 Å². The van der Waals surface area contributed by atoms with E-state index in [4.69, 9.17) is 0 Å². The van der Waals surface area contributed by atoms with Crippen LogP contribution in [-0.2, 0) is 4.79 Å². The first-order valence-electron chi connectivity index (χ1n) is 9.81. The standard InChI is InChI=1S/C21H22N4O4S/c26-18(14-25-19(27)15-4-1-2-5-16(15)20(25)28)22-7-8-23-9-11-24(12-10-23)21(29)17-6-3-13-30-17/h1-6,13H,7-12,14H2,(H,22,26). The number of nitrogens with zero attached hydrogens (tertiary/aromatic N) is 3. The van der Waals surface area contributed by atoms with Crippen molar-refractivity contribution in [2.75, 3.05) is 45.8 Å². The molecule has 2 aliphatic rings. The minimum absolute atomic E-state index is 0.0684. The maximum absolute atomic E-state index is 12.4. The molecule has 0 atom stereocenters. The molecule has 1 fully saturated rings. The summed E-state index contributed by atoms with van der Waals surface area (Å²) in [6.07, 6.45) is 0. The molecule has 0 radical (unpaired) electrons. The molecule has 1 aromatic carbocycles. The van der Waals surface area contributed by atoms with Gasteiger partial charge < -0.3 is 10.2 Å². The van der Waals surface area contributed by atoms with Crippen molar-refractivity contribution < 1.29 is 19.2 Å². The summed E-state index contributed by atoms with van der Waals surface area (Å²) in [5, 5.41) is 4.67. The van der Waals surface area contributed by atoms with Gasteiger partial charge >= 0.3 is 0 Å². The van der Waals surface area contributed by atoms with Crippen LogP contribution in [0.15, 0.2) is 41.8 Å². The number of hydrogen-bond donors (Lipinski definition) is 1. The molecule has 4 rings (SSSR count). The second kappa shape index (κ2) is 8.76. The van der Waals surface area contributed by atoms with E-state index >= 15 is 0 Å². The van der Waals surface area contributed by atoms with Gasteiger partial charge in [-0.2, -0.15) is 0 Å². The van der Waals surface area contributed by atoms with E-state index in [1.807, 2.05) is 22.4 Å². The van der Waals surface area contributed by atoms with Crippen molar-refractivity contribution in [2.45, 2.75) is 0 Å². The monoisotopic (exact) mass is 426 g/mol. The van der Waals surface area contributed by atoms with Gasteiger partial charge in [0.25, 0.3) is 17.7 Å². The van der Waals surface area contributed by atoms with Crippen molar-refractivity contribution in [3.8, 4) is 0 Å². The number of carbonyl (C=O) groups is 4. The lowest BCUT2D eigenvalue weighted by Crippen LogP contribution is -2.50. The fourth-order valence-corrected chi connectivity index (χ4v) is 4.36. The van der Waals surface area contributed by atoms with E-state index in [0.29, 0.717) is 37.3 Å². The number of amides is 4. The SMILES string of the molecule is O=C(CN1C(=O)c2ccccc2C1=O)NCCN1CCN(C(=O)c2cccs2)CC1. The Hall–Kier alpha value is -3.04. The number of thiophene rings is 1. The zero-order valence-electron chi connectivity index (χ0n) is 16.4. The van der Waals surface area contributed by atoms with Gasteiger partial charge in [0.2, 0.25) is 5.91 Å². The zero-order valence-corrected chi connectivity index (χ0v) is 17.2. The first kappa shape index (κ1) is 20.2. The summed E-state index contributed by atoms with van der Waals surface area (Å²) in [4.78, 5) is 55.0. The molecule has 0 spiro atoms. The summed E-state index contributed by atoms with van der Waals surface area (Å²) < 4.78 is 0. The molecule has 0 bridgehead atoms. The number of carbonyl (C=O) groups excluding carboxylic acids is 4. The Morgan fingerprint density at radius 2 is 1.60 bits per heavy atom. The van der Waals surface area contributed by atoms with Crippen LogP contribution in [0, 0.1) is 0 Å². The van der Waals surface area contributed by atoms with Crippen LogP contribution in [0.3, 0.4) is 0 Å². The van der Waals surface area contributed by atoms with Gasteiger partial charge in [-0.25, -0.2) is 0 Å². The number of piperazine rings is 1. The molecule has 4 amide bonds. The van der Waals surface area contributed by atoms with Gasteiger partial charge in [-0.1, -0.05) is 18.2 Å². The summed E-state index contributed by atoms with van der Waals surface area (Å²) in [5.41, 5.74) is 0.676. The lowest BCUT2D eigenvalue weighted by molar-refractivity contribution is -0.121. The smallest absolute Gasteiger partial charge is 0.264 e. The Balaban J connectivity index is 1.19. The first-order chi connectivity index (χ1) is 14.5. The Morgan fingerprint density at radius 1 is 0.933 bits per heavy atom. The van der Waals surface area contributed by atoms with Crippen molar-refractivity contribution >= 4 is 35.0 Å². The predicted octanol–water partition coefficient (Wildman–Crippen LogP) is 0.918. The van der Waals surface area contributed by atoms with Crippen molar-refractivity contribution in [3.05, 3.63) is 57.8 Å². The molecule has 0 aliphatic carbocycles. The molecule has 30 heavy (non-hydrogen) atoms. The molecule has 1 N–H and O–H groups in total. The van der Waals surface area contributed by atoms with Crippen LogP contribution < -0.4 is 5.32 Å². The summed E-state index contributed by atoms with van der Waals surface area (Å²) in [7, 11) is 0. The number of nitrogens with one attached hydrogen (secondary N) is 1. The lowest BCUT2D eigenvalue weighted by atomic mass is 10.1. The first-order valence-corrected chi connectivity index (χ1v) is 10.7. The third-order valence-corrected chi connectivity index (χ3v) is 6.18. The molecule has 1 saturated heterocycles. The topological polar surface area (TPSA) is 90.0 Å². The largest absolute Gasteiger partial charge is 0.353 e. The van der Waals surface area contributed by atoms with Crippen LogP contribution in [0.4, 0.5) is 0 Å². The minimum Gasteiger partial charge on any atom is -0.353 e. The maximum atomic E-state index is 12.4. The summed E-state index contributed by atoms with van der Waals surface area (Å²) in [6.45, 7) is 3.57. The summed E-state index contributed by atoms with van der Waals surface area (Å²) in [5.74, 6) is -1.16. The van der Waals surface area contributed by atoms with Crippen LogP contribution in [0.2, 0.25) is 0 Å². The number of hydrogen-bond acceptors (Lipinski definition) is 6. The molecule has 0 saturated carbocycles. The number of rotatable bonds is 6. The molecule has 0 unspecified atom stereocenters. The van der Waals surface area contributed by atoms with Gasteiger partial charge in [0, 0.05) is 39.3 Å². The van der Waals surface area contributed by atoms with Gasteiger partial charge in [-0.3, -0.25) is 29.0 Å². The van der Waals surface area contributed by atoms with Crippen molar-refractivity contribution in [1.82, 2.24) is 20.0 Å². The molecule has 9 heteroatoms. The highest BCUT2D eigenvalue weighted by Crippen LogP contribution is 2.21. The van der Waals surface area contributed by atoms with E-state index in [9.17, 15) is 19.2 Å². The second-order valence-corrected chi connectivity index (χ2v) is 8.15. The highest BCUT2D eigenvalue weighted by atomic mass is 32.1. The van der Waals surface area contributed by atoms with E-state index < -0.39 is 11.8 Å². The minimum atomic E-state index is -0.433. The molecule has 3 heterocycles. The van der Waals surface area contributed by atoms with Crippen LogP contribution in [-0.4, -0.2) is 84.1 Å². The van der Waals surface area contributed by atoms with E-state index in [-0.39, 0.29) is 18.4 Å². The van der Waals surface area contributed by atoms with Gasteiger partial charge in [0.1, 0.15) is 6.54 Å². The quantitative estimate of drug-likeness (QED) is 0.694. The molecule has 8 nitrogen and oxygen atoms in total. The molecular formula is C21H22N4O4S. The Morgan fingerprint density at radius 3 is 2.20 bits per heavy atom. The molecule has 156 valence electrons. The van der Waals surface area contributed by atoms with Gasteiger partial charge in [0.05, 0.1) is 16.0 Å². The Labute approximate surface area is 178 Å². The van der Waals surface area contributed by atoms with E-state index in [2.05, 4.69) is 10.2 Å². The van der Waals surface area contributed by atoms with Crippen LogP contribution >= 0.6 is 11.3 Å². The fraction of sp³-hybridized carbons (Fsp3) is 0.333. The van der Waals surface area contributed by atoms with Gasteiger partial charge in [-0.05, 0) is 23.6 Å². The Bertz CT molecular complexity index is 932. The normalized spacial score (nSPS) is 16.7. The number of imide groups is 1. The fourth-order valence-electron chi connectivity index (χ4n) is 3.67. The number of benzene rings is 1. The molecule has 2 aliphatic heterocycles. The summed E-state index contributed by atoms with van der Waals surface area (Å²) in [6, 6.07) is 10.3. The van der Waals surface area contributed by atoms with Gasteiger partial charge in [-0.15, -0.1) is 11.3 Å². The summed E-state index contributed by atoms with van der Waals surface area (Å²) >= 11 is 1.45. The van der Waals surface area contributed by atoms with Crippen molar-refractivity contribution in [2.24, 2.45) is 0 Å². The average Bonchev–Trinajstić information content (AvgIpc) is 3.38. The average molecular weight is 426 g/mol. The highest BCUT2D eigenvalue weighted by molar-refractivity contribution is 7.12. The third kappa shape index (κ3) is 4.12. The van der Waals surface area contributed by atoms with Gasteiger partial charge in [0.15, 0.2) is 0 Å². The Kier molecular flexibility index (Phi) is 5.91. The van der Waals surface area contributed by atoms with Crippen LogP contribution in [0.1, 0.15) is 30.4 Å². The predicted molar refractivity (Wildman–Crippen MR) is 111 cm³/mol. The molecule has 2 aromatic rings. The zero-order chi connectivity index (χ0) is 21.1. The van der Waals surface area contributed by atoms with E-state index in [1.54, 1.807) is 24.3 Å². The highest BCUT2D eigenvalue weighted by Gasteiger charge is 2.36. The van der Waals surface area contributed by atoms with E-state index in [1.165, 1.54) is 11.3 Å². The second-order valence-electron chi connectivity index (χ2n) is 7.20. The molecule has 1 aromatic heterocycles. The third-order valence-electron chi connectivity index (χ3n) is 5.32. The van der Waals surface area contributed by atoms with Crippen LogP contribution in [0.5, 0.6) is 0 Å². The van der Waals surface area contributed by atoms with Crippen molar-refractivity contribution in [1.29, 1.82) is 0 Å². The van der Waals surface area contributed by atoms with Crippen LogP contribution in [0.25, 0.3) is 0 Å². The lowest BCUT2D eigenvalue weighted by Gasteiger charge is -2.34. The maximum Gasteiger partial charge on any atom is 0.264 e. The van der Waals surface area contributed by atoms with E-state index in [0.717, 1.165) is 22.9 Å². The number of fused-ring (bicyclic) bond motifs is 1. The molecular weight excluding hydrogens is 404 g/mol.